The molecule has 1 aromatic rings. The van der Waals surface area contributed by atoms with Gasteiger partial charge < -0.3 is 4.57 Å². The molecule has 0 amide bonds. The lowest BCUT2D eigenvalue weighted by molar-refractivity contribution is 0.137. The van der Waals surface area contributed by atoms with Crippen molar-refractivity contribution in [3.63, 3.8) is 0 Å². The van der Waals surface area contributed by atoms with Crippen molar-refractivity contribution < 1.29 is 0 Å². The van der Waals surface area contributed by atoms with Gasteiger partial charge in [0.05, 0.1) is 18.5 Å². The van der Waals surface area contributed by atoms with E-state index in [1.165, 1.54) is 12.8 Å². The average Bonchev–Trinajstić information content (AvgIpc) is 2.96. The molecular formula is C12H16N4. The number of rotatable bonds is 1. The summed E-state index contributed by atoms with van der Waals surface area (Å²) >= 11 is 0. The van der Waals surface area contributed by atoms with E-state index in [4.69, 9.17) is 5.26 Å². The summed E-state index contributed by atoms with van der Waals surface area (Å²) < 4.78 is 2.22. The fourth-order valence-corrected chi connectivity index (χ4v) is 3.00. The van der Waals surface area contributed by atoms with Gasteiger partial charge in [-0.15, -0.1) is 0 Å². The molecule has 0 saturated heterocycles. The third kappa shape index (κ3) is 1.52. The molecule has 1 aromatic heterocycles. The average molecular weight is 216 g/mol. The van der Waals surface area contributed by atoms with Crippen molar-refractivity contribution in [2.75, 3.05) is 6.54 Å². The second kappa shape index (κ2) is 3.91. The Hall–Kier alpha value is -1.34. The summed E-state index contributed by atoms with van der Waals surface area (Å²) in [6, 6.07) is 2.93. The van der Waals surface area contributed by atoms with Crippen LogP contribution in [0.5, 0.6) is 0 Å². The first-order chi connectivity index (χ1) is 7.88. The number of nitrogens with zero attached hydrogens (tertiary/aromatic N) is 4. The van der Waals surface area contributed by atoms with Crippen molar-refractivity contribution >= 4 is 0 Å². The predicted octanol–water partition coefficient (Wildman–Crippen LogP) is 1.39. The minimum Gasteiger partial charge on any atom is -0.333 e. The summed E-state index contributed by atoms with van der Waals surface area (Å²) in [5.41, 5.74) is 0. The number of aromatic nitrogens is 2. The Morgan fingerprint density at radius 2 is 2.31 bits per heavy atom. The van der Waals surface area contributed by atoms with E-state index in [1.807, 2.05) is 12.4 Å². The molecule has 0 N–H and O–H groups in total. The van der Waals surface area contributed by atoms with Crippen LogP contribution in [0.2, 0.25) is 0 Å². The number of hydrogen-bond acceptors (Lipinski definition) is 3. The first-order valence-corrected chi connectivity index (χ1v) is 6.02. The minimum atomic E-state index is 0.238. The molecule has 1 aliphatic heterocycles. The number of hydrogen-bond donors (Lipinski definition) is 0. The van der Waals surface area contributed by atoms with Gasteiger partial charge in [0.2, 0.25) is 0 Å². The van der Waals surface area contributed by atoms with Crippen molar-refractivity contribution in [1.82, 2.24) is 14.5 Å². The van der Waals surface area contributed by atoms with Gasteiger partial charge in [-0.1, -0.05) is 6.42 Å². The Kier molecular flexibility index (Phi) is 2.41. The molecule has 1 aliphatic carbocycles. The molecule has 2 atom stereocenters. The zero-order valence-corrected chi connectivity index (χ0v) is 9.34. The summed E-state index contributed by atoms with van der Waals surface area (Å²) in [4.78, 5) is 6.82. The van der Waals surface area contributed by atoms with E-state index in [2.05, 4.69) is 20.5 Å². The molecular weight excluding hydrogens is 200 g/mol. The van der Waals surface area contributed by atoms with Crippen LogP contribution in [0.4, 0.5) is 0 Å². The Morgan fingerprint density at radius 1 is 1.38 bits per heavy atom. The molecule has 3 rings (SSSR count). The van der Waals surface area contributed by atoms with E-state index >= 15 is 0 Å². The maximum absolute atomic E-state index is 9.12. The molecule has 2 aliphatic rings. The van der Waals surface area contributed by atoms with Crippen LogP contribution in [-0.4, -0.2) is 27.0 Å². The quantitative estimate of drug-likeness (QED) is 0.712. The van der Waals surface area contributed by atoms with Gasteiger partial charge >= 0.3 is 0 Å². The summed E-state index contributed by atoms with van der Waals surface area (Å²) in [5.74, 6) is 1.39. The lowest BCUT2D eigenvalue weighted by atomic mass is 10.0. The van der Waals surface area contributed by atoms with Gasteiger partial charge in [0.25, 0.3) is 0 Å². The molecule has 0 aromatic carbocycles. The van der Waals surface area contributed by atoms with Crippen LogP contribution in [0.3, 0.4) is 0 Å². The van der Waals surface area contributed by atoms with E-state index in [0.717, 1.165) is 31.9 Å². The van der Waals surface area contributed by atoms with Crippen LogP contribution < -0.4 is 0 Å². The zero-order valence-electron chi connectivity index (χ0n) is 9.34. The van der Waals surface area contributed by atoms with Gasteiger partial charge in [0.1, 0.15) is 5.82 Å². The largest absolute Gasteiger partial charge is 0.333 e. The van der Waals surface area contributed by atoms with Gasteiger partial charge in [-0.2, -0.15) is 5.26 Å². The zero-order chi connectivity index (χ0) is 11.0. The summed E-state index contributed by atoms with van der Waals surface area (Å²) in [7, 11) is 0. The lowest BCUT2D eigenvalue weighted by Gasteiger charge is -2.34. The molecule has 0 bridgehead atoms. The van der Waals surface area contributed by atoms with Crippen LogP contribution in [-0.2, 0) is 13.1 Å². The highest BCUT2D eigenvalue weighted by molar-refractivity contribution is 5.02. The van der Waals surface area contributed by atoms with E-state index in [1.54, 1.807) is 0 Å². The van der Waals surface area contributed by atoms with Crippen LogP contribution in [0.1, 0.15) is 25.1 Å². The fraction of sp³-hybridized carbons (Fsp3) is 0.667. The maximum atomic E-state index is 9.12. The molecule has 16 heavy (non-hydrogen) atoms. The third-order valence-corrected chi connectivity index (χ3v) is 3.89. The minimum absolute atomic E-state index is 0.238. The Bertz CT molecular complexity index is 417. The number of fused-ring (bicyclic) bond motifs is 1. The molecule has 2 heterocycles. The SMILES string of the molecule is N#CC1CCCC1N1CCn2ccnc2C1. The van der Waals surface area contributed by atoms with E-state index in [9.17, 15) is 0 Å². The highest BCUT2D eigenvalue weighted by atomic mass is 15.3. The third-order valence-electron chi connectivity index (χ3n) is 3.89. The summed E-state index contributed by atoms with van der Waals surface area (Å²) in [6.45, 7) is 2.99. The molecule has 1 saturated carbocycles. The van der Waals surface area contributed by atoms with Crippen molar-refractivity contribution in [3.05, 3.63) is 18.2 Å². The maximum Gasteiger partial charge on any atom is 0.122 e. The van der Waals surface area contributed by atoms with Crippen LogP contribution in [0.15, 0.2) is 12.4 Å². The van der Waals surface area contributed by atoms with E-state index in [0.29, 0.717) is 6.04 Å². The highest BCUT2D eigenvalue weighted by Crippen LogP contribution is 2.31. The van der Waals surface area contributed by atoms with Crippen molar-refractivity contribution in [1.29, 1.82) is 5.26 Å². The second-order valence-corrected chi connectivity index (χ2v) is 4.74. The fourth-order valence-electron chi connectivity index (χ4n) is 3.00. The van der Waals surface area contributed by atoms with Gasteiger partial charge in [-0.05, 0) is 12.8 Å². The van der Waals surface area contributed by atoms with Gasteiger partial charge in [0.15, 0.2) is 0 Å². The van der Waals surface area contributed by atoms with Gasteiger partial charge in [-0.25, -0.2) is 4.98 Å². The second-order valence-electron chi connectivity index (χ2n) is 4.74. The highest BCUT2D eigenvalue weighted by Gasteiger charge is 2.33. The van der Waals surface area contributed by atoms with E-state index in [-0.39, 0.29) is 5.92 Å². The van der Waals surface area contributed by atoms with Crippen molar-refractivity contribution in [2.24, 2.45) is 5.92 Å². The molecule has 1 fully saturated rings. The first kappa shape index (κ1) is 9.86. The summed E-state index contributed by atoms with van der Waals surface area (Å²) in [6.07, 6.45) is 7.37. The lowest BCUT2D eigenvalue weighted by Crippen LogP contribution is -2.42. The molecule has 2 unspecified atom stereocenters. The Morgan fingerprint density at radius 3 is 3.19 bits per heavy atom. The van der Waals surface area contributed by atoms with Crippen LogP contribution in [0.25, 0.3) is 0 Å². The molecule has 4 nitrogen and oxygen atoms in total. The Labute approximate surface area is 95.5 Å². The monoisotopic (exact) mass is 216 g/mol. The normalized spacial score (nSPS) is 29.9. The molecule has 84 valence electrons. The van der Waals surface area contributed by atoms with Crippen molar-refractivity contribution in [3.8, 4) is 6.07 Å². The van der Waals surface area contributed by atoms with Crippen LogP contribution >= 0.6 is 0 Å². The first-order valence-electron chi connectivity index (χ1n) is 6.02. The van der Waals surface area contributed by atoms with Gasteiger partial charge in [-0.3, -0.25) is 4.90 Å². The molecule has 0 spiro atoms. The Balaban J connectivity index is 1.76. The van der Waals surface area contributed by atoms with Crippen LogP contribution in [0, 0.1) is 17.2 Å². The van der Waals surface area contributed by atoms with Gasteiger partial charge in [0, 0.05) is 31.5 Å². The predicted molar refractivity (Wildman–Crippen MR) is 59.4 cm³/mol. The standard InChI is InChI=1S/C12H16N4/c13-8-10-2-1-3-11(10)16-7-6-15-5-4-14-12(15)9-16/h4-5,10-11H,1-3,6-7,9H2. The summed E-state index contributed by atoms with van der Waals surface area (Å²) in [5, 5.41) is 9.12. The number of imidazole rings is 1. The molecule has 0 radical (unpaired) electrons. The smallest absolute Gasteiger partial charge is 0.122 e. The topological polar surface area (TPSA) is 44.9 Å². The number of nitriles is 1. The van der Waals surface area contributed by atoms with E-state index < -0.39 is 0 Å². The molecule has 4 heteroatoms. The van der Waals surface area contributed by atoms with Crippen molar-refractivity contribution in [2.45, 2.75) is 38.4 Å².